The first kappa shape index (κ1) is 30.1. The van der Waals surface area contributed by atoms with Crippen LogP contribution in [0.4, 0.5) is 0 Å². The van der Waals surface area contributed by atoms with Gasteiger partial charge < -0.3 is 0 Å². The highest BCUT2D eigenvalue weighted by molar-refractivity contribution is 6.15. The molecule has 11 rings (SSSR count). The fourth-order valence-electron chi connectivity index (χ4n) is 7.81. The van der Waals surface area contributed by atoms with Gasteiger partial charge >= 0.3 is 0 Å². The van der Waals surface area contributed by atoms with Gasteiger partial charge in [-0.1, -0.05) is 115 Å². The molecular formula is C46H30N8. The maximum absolute atomic E-state index is 5.62. The van der Waals surface area contributed by atoms with Gasteiger partial charge in [0.25, 0.3) is 0 Å². The molecule has 8 nitrogen and oxygen atoms in total. The highest BCUT2D eigenvalue weighted by Gasteiger charge is 2.26. The summed E-state index contributed by atoms with van der Waals surface area (Å²) in [5, 5.41) is 3.05. The average Bonchev–Trinajstić information content (AvgIpc) is 4.02. The van der Waals surface area contributed by atoms with Gasteiger partial charge in [-0.05, 0) is 48.5 Å². The molecule has 0 aliphatic rings. The van der Waals surface area contributed by atoms with Crippen LogP contribution in [0.1, 0.15) is 0 Å². The van der Waals surface area contributed by atoms with E-state index in [-0.39, 0.29) is 0 Å². The summed E-state index contributed by atoms with van der Waals surface area (Å²) in [6.45, 7) is 0. The Morgan fingerprint density at radius 3 is 1.44 bits per heavy atom. The quantitative estimate of drug-likeness (QED) is 0.174. The lowest BCUT2D eigenvalue weighted by Crippen LogP contribution is -2.09. The molecule has 6 aromatic heterocycles. The third kappa shape index (κ3) is 4.50. The zero-order valence-corrected chi connectivity index (χ0v) is 28.9. The molecule has 0 amide bonds. The number of aromatic nitrogens is 8. The summed E-state index contributed by atoms with van der Waals surface area (Å²) in [4.78, 5) is 20.9. The van der Waals surface area contributed by atoms with E-state index in [1.165, 1.54) is 0 Å². The van der Waals surface area contributed by atoms with Crippen molar-refractivity contribution >= 4 is 44.0 Å². The largest absolute Gasteiger partial charge is 0.278 e. The Hall–Kier alpha value is -7.58. The zero-order valence-electron chi connectivity index (χ0n) is 28.9. The minimum absolute atomic E-state index is 0.722. The smallest absolute Gasteiger partial charge is 0.221 e. The lowest BCUT2D eigenvalue weighted by atomic mass is 10.1. The average molecular weight is 695 g/mol. The highest BCUT2D eigenvalue weighted by Crippen LogP contribution is 2.39. The van der Waals surface area contributed by atoms with Crippen molar-refractivity contribution < 1.29 is 0 Å². The normalized spacial score (nSPS) is 11.7. The predicted molar refractivity (Wildman–Crippen MR) is 216 cm³/mol. The molecule has 0 aliphatic heterocycles. The van der Waals surface area contributed by atoms with Gasteiger partial charge in [0, 0.05) is 44.9 Å². The number of hydrogen-bond donors (Lipinski definition) is 0. The fraction of sp³-hybridized carbons (Fsp3) is 0. The van der Waals surface area contributed by atoms with Gasteiger partial charge in [0.15, 0.2) is 5.65 Å². The second kappa shape index (κ2) is 12.0. The number of pyridine rings is 2. The Balaban J connectivity index is 1.26. The summed E-state index contributed by atoms with van der Waals surface area (Å²) >= 11 is 0. The van der Waals surface area contributed by atoms with E-state index in [1.54, 1.807) is 0 Å². The molecule has 5 aromatic carbocycles. The molecule has 0 N–H and O–H groups in total. The van der Waals surface area contributed by atoms with Gasteiger partial charge in [-0.15, -0.1) is 0 Å². The molecule has 0 bridgehead atoms. The summed E-state index contributed by atoms with van der Waals surface area (Å²) in [6.07, 6.45) is 5.75. The van der Waals surface area contributed by atoms with Crippen LogP contribution in [0.3, 0.4) is 0 Å². The molecule has 254 valence electrons. The minimum Gasteiger partial charge on any atom is -0.278 e. The van der Waals surface area contributed by atoms with Gasteiger partial charge in [0.05, 0.1) is 40.3 Å². The van der Waals surface area contributed by atoms with Crippen LogP contribution in [0.25, 0.3) is 89.8 Å². The van der Waals surface area contributed by atoms with Crippen LogP contribution in [0.15, 0.2) is 182 Å². The summed E-state index contributed by atoms with van der Waals surface area (Å²) in [6, 6.07) is 56.3. The molecule has 0 radical (unpaired) electrons. The first-order valence-corrected chi connectivity index (χ1v) is 17.9. The Morgan fingerprint density at radius 2 is 0.852 bits per heavy atom. The van der Waals surface area contributed by atoms with Crippen molar-refractivity contribution in [2.45, 2.75) is 0 Å². The fourth-order valence-corrected chi connectivity index (χ4v) is 7.81. The number of benzene rings is 5. The van der Waals surface area contributed by atoms with Crippen LogP contribution in [-0.2, 0) is 0 Å². The van der Waals surface area contributed by atoms with Crippen molar-refractivity contribution in [3.05, 3.63) is 182 Å². The molecule has 54 heavy (non-hydrogen) atoms. The molecule has 11 aromatic rings. The molecule has 0 fully saturated rings. The van der Waals surface area contributed by atoms with E-state index in [2.05, 4.69) is 152 Å². The number of imidazole rings is 2. The molecule has 0 saturated heterocycles. The Labute approximate surface area is 309 Å². The SMILES string of the molecule is c1ccc(-c2cnc(-n3c4ccccc4c4cc5c6ncccc6n(-c6ncc(-c7ccccc7)n6-c6ccccc6)c5nc43)n2-c2ccccc2)cc1. The minimum atomic E-state index is 0.722. The lowest BCUT2D eigenvalue weighted by molar-refractivity contribution is 0.921. The lowest BCUT2D eigenvalue weighted by Gasteiger charge is -2.15. The first-order valence-electron chi connectivity index (χ1n) is 17.9. The standard InChI is InChI=1S/C46H30N8/c1-5-16-31(17-6-1)40-29-48-45(51(40)33-20-9-3-10-21-33)53-38-25-14-13-24-35(38)36-28-37-42-39(26-15-27-47-42)54(44(37)50-43(36)53)46-49-30-41(32-18-7-2-8-19-32)52(46)34-22-11-4-12-23-34/h1-30H. The second-order valence-electron chi connectivity index (χ2n) is 13.3. The molecule has 6 heterocycles. The maximum atomic E-state index is 5.62. The molecular weight excluding hydrogens is 665 g/mol. The van der Waals surface area contributed by atoms with Crippen molar-refractivity contribution in [2.75, 3.05) is 0 Å². The number of fused-ring (bicyclic) bond motifs is 6. The summed E-state index contributed by atoms with van der Waals surface area (Å²) in [5.41, 5.74) is 10.4. The topological polar surface area (TPSA) is 71.3 Å². The first-order chi connectivity index (χ1) is 26.8. The van der Waals surface area contributed by atoms with Crippen LogP contribution >= 0.6 is 0 Å². The summed E-state index contributed by atoms with van der Waals surface area (Å²) in [5.74, 6) is 1.47. The van der Waals surface area contributed by atoms with Crippen LogP contribution in [0.2, 0.25) is 0 Å². The molecule has 0 unspecified atom stereocenters. The number of nitrogens with zero attached hydrogens (tertiary/aromatic N) is 8. The number of hydrogen-bond acceptors (Lipinski definition) is 4. The van der Waals surface area contributed by atoms with Crippen LogP contribution in [0, 0.1) is 0 Å². The van der Waals surface area contributed by atoms with E-state index in [4.69, 9.17) is 19.9 Å². The molecule has 0 saturated carbocycles. The van der Waals surface area contributed by atoms with Crippen molar-refractivity contribution in [1.29, 1.82) is 0 Å². The molecule has 0 spiro atoms. The maximum Gasteiger partial charge on any atom is 0.221 e. The Morgan fingerprint density at radius 1 is 0.370 bits per heavy atom. The van der Waals surface area contributed by atoms with Crippen molar-refractivity contribution in [3.8, 4) is 45.8 Å². The third-order valence-electron chi connectivity index (χ3n) is 10.2. The van der Waals surface area contributed by atoms with Crippen molar-refractivity contribution in [3.63, 3.8) is 0 Å². The van der Waals surface area contributed by atoms with E-state index in [0.717, 1.165) is 89.8 Å². The monoisotopic (exact) mass is 694 g/mol. The van der Waals surface area contributed by atoms with E-state index in [0.29, 0.717) is 0 Å². The van der Waals surface area contributed by atoms with Gasteiger partial charge in [-0.2, -0.15) is 0 Å². The predicted octanol–water partition coefficient (Wildman–Crippen LogP) is 10.4. The molecule has 0 atom stereocenters. The second-order valence-corrected chi connectivity index (χ2v) is 13.3. The Kier molecular flexibility index (Phi) is 6.69. The van der Waals surface area contributed by atoms with E-state index >= 15 is 0 Å². The Bertz CT molecular complexity index is 2930. The van der Waals surface area contributed by atoms with E-state index < -0.39 is 0 Å². The van der Waals surface area contributed by atoms with Crippen LogP contribution < -0.4 is 0 Å². The van der Waals surface area contributed by atoms with E-state index in [9.17, 15) is 0 Å². The summed E-state index contributed by atoms with van der Waals surface area (Å²) < 4.78 is 8.77. The van der Waals surface area contributed by atoms with Crippen LogP contribution in [0.5, 0.6) is 0 Å². The molecule has 0 aliphatic carbocycles. The van der Waals surface area contributed by atoms with Crippen molar-refractivity contribution in [2.24, 2.45) is 0 Å². The summed E-state index contributed by atoms with van der Waals surface area (Å²) in [7, 11) is 0. The number of para-hydroxylation sites is 3. The van der Waals surface area contributed by atoms with Gasteiger partial charge in [-0.3, -0.25) is 23.3 Å². The molecule has 8 heteroatoms. The van der Waals surface area contributed by atoms with Gasteiger partial charge in [0.2, 0.25) is 11.9 Å². The van der Waals surface area contributed by atoms with Gasteiger partial charge in [-0.25, -0.2) is 15.0 Å². The number of rotatable bonds is 6. The van der Waals surface area contributed by atoms with Gasteiger partial charge in [0.1, 0.15) is 5.65 Å². The van der Waals surface area contributed by atoms with Crippen molar-refractivity contribution in [1.82, 2.24) is 38.2 Å². The van der Waals surface area contributed by atoms with Crippen LogP contribution in [-0.4, -0.2) is 38.2 Å². The van der Waals surface area contributed by atoms with E-state index in [1.807, 2.05) is 48.9 Å². The third-order valence-corrected chi connectivity index (χ3v) is 10.2. The zero-order chi connectivity index (χ0) is 35.6. The highest BCUT2D eigenvalue weighted by atomic mass is 15.3.